The summed E-state index contributed by atoms with van der Waals surface area (Å²) < 4.78 is 13.1. The van der Waals surface area contributed by atoms with Crippen LogP contribution in [0.4, 0.5) is 4.39 Å². The number of rotatable bonds is 2. The van der Waals surface area contributed by atoms with Crippen molar-refractivity contribution in [2.45, 2.75) is 12.8 Å². The Balaban J connectivity index is 3.08. The fourth-order valence-corrected chi connectivity index (χ4v) is 1.36. The molecule has 13 heavy (non-hydrogen) atoms. The van der Waals surface area contributed by atoms with Crippen molar-refractivity contribution in [3.63, 3.8) is 0 Å². The lowest BCUT2D eigenvalue weighted by atomic mass is 10.0. The Morgan fingerprint density at radius 2 is 2.31 bits per heavy atom. The molecule has 0 aliphatic carbocycles. The molecule has 0 radical (unpaired) electrons. The highest BCUT2D eigenvalue weighted by Gasteiger charge is 2.07. The summed E-state index contributed by atoms with van der Waals surface area (Å²) in [6, 6.07) is 7.37. The van der Waals surface area contributed by atoms with E-state index in [0.717, 1.165) is 10.0 Å². The SMILES string of the molecule is CC(CF)c1ccc(Br)c(C#N)c1. The quantitative estimate of drug-likeness (QED) is 0.779. The smallest absolute Gasteiger partial charge is 0.100 e. The first-order valence-electron chi connectivity index (χ1n) is 3.94. The molecule has 0 bridgehead atoms. The summed E-state index contributed by atoms with van der Waals surface area (Å²) in [6.45, 7) is 1.40. The Morgan fingerprint density at radius 3 is 2.85 bits per heavy atom. The van der Waals surface area contributed by atoms with Crippen molar-refractivity contribution < 1.29 is 4.39 Å². The Labute approximate surface area is 85.3 Å². The molecular formula is C10H9BrFN. The standard InChI is InChI=1S/C10H9BrFN/c1-7(5-12)8-2-3-10(11)9(4-8)6-13/h2-4,7H,5H2,1H3. The van der Waals surface area contributed by atoms with Crippen LogP contribution in [0.15, 0.2) is 22.7 Å². The van der Waals surface area contributed by atoms with Crippen LogP contribution in [0.3, 0.4) is 0 Å². The van der Waals surface area contributed by atoms with Gasteiger partial charge in [0.25, 0.3) is 0 Å². The Kier molecular flexibility index (Phi) is 3.44. The van der Waals surface area contributed by atoms with Crippen molar-refractivity contribution >= 4 is 15.9 Å². The molecule has 0 aliphatic heterocycles. The van der Waals surface area contributed by atoms with Crippen LogP contribution in [0, 0.1) is 11.3 Å². The monoisotopic (exact) mass is 241 g/mol. The molecule has 1 nitrogen and oxygen atoms in total. The van der Waals surface area contributed by atoms with Crippen molar-refractivity contribution in [3.05, 3.63) is 33.8 Å². The molecule has 0 fully saturated rings. The number of benzene rings is 1. The molecule has 0 saturated heterocycles. The van der Waals surface area contributed by atoms with E-state index < -0.39 is 6.67 Å². The van der Waals surface area contributed by atoms with Crippen molar-refractivity contribution in [3.8, 4) is 6.07 Å². The van der Waals surface area contributed by atoms with E-state index in [4.69, 9.17) is 5.26 Å². The van der Waals surface area contributed by atoms with Gasteiger partial charge in [-0.05, 0) is 33.6 Å². The van der Waals surface area contributed by atoms with E-state index in [1.54, 1.807) is 19.1 Å². The van der Waals surface area contributed by atoms with Crippen molar-refractivity contribution in [1.29, 1.82) is 5.26 Å². The molecule has 1 unspecified atom stereocenters. The Hall–Kier alpha value is -0.880. The number of nitrogens with zero attached hydrogens (tertiary/aromatic N) is 1. The number of nitriles is 1. The third-order valence-electron chi connectivity index (χ3n) is 1.91. The highest BCUT2D eigenvalue weighted by atomic mass is 79.9. The summed E-state index contributed by atoms with van der Waals surface area (Å²) >= 11 is 3.25. The molecule has 0 aliphatic rings. The minimum Gasteiger partial charge on any atom is -0.250 e. The summed E-state index contributed by atoms with van der Waals surface area (Å²) in [6.07, 6.45) is 0. The van der Waals surface area contributed by atoms with Gasteiger partial charge in [-0.2, -0.15) is 5.26 Å². The minimum atomic E-state index is -0.396. The van der Waals surface area contributed by atoms with Crippen molar-refractivity contribution in [2.75, 3.05) is 6.67 Å². The van der Waals surface area contributed by atoms with E-state index in [1.165, 1.54) is 0 Å². The van der Waals surface area contributed by atoms with E-state index in [9.17, 15) is 4.39 Å². The van der Waals surface area contributed by atoms with Crippen molar-refractivity contribution in [2.24, 2.45) is 0 Å². The molecular weight excluding hydrogens is 233 g/mol. The van der Waals surface area contributed by atoms with Gasteiger partial charge in [0.1, 0.15) is 6.07 Å². The average Bonchev–Trinajstić information content (AvgIpc) is 2.17. The normalized spacial score (nSPS) is 12.2. The van der Waals surface area contributed by atoms with Gasteiger partial charge >= 0.3 is 0 Å². The molecule has 0 amide bonds. The highest BCUT2D eigenvalue weighted by molar-refractivity contribution is 9.10. The van der Waals surface area contributed by atoms with Crippen LogP contribution in [-0.4, -0.2) is 6.67 Å². The zero-order chi connectivity index (χ0) is 9.84. The fraction of sp³-hybridized carbons (Fsp3) is 0.300. The predicted molar refractivity (Wildman–Crippen MR) is 53.2 cm³/mol. The van der Waals surface area contributed by atoms with E-state index in [-0.39, 0.29) is 5.92 Å². The van der Waals surface area contributed by atoms with Gasteiger partial charge in [0.2, 0.25) is 0 Å². The van der Waals surface area contributed by atoms with Crippen LogP contribution in [0.2, 0.25) is 0 Å². The van der Waals surface area contributed by atoms with Crippen LogP contribution in [0.5, 0.6) is 0 Å². The number of hydrogen-bond donors (Lipinski definition) is 0. The third-order valence-corrected chi connectivity index (χ3v) is 2.60. The molecule has 0 N–H and O–H groups in total. The van der Waals surface area contributed by atoms with Gasteiger partial charge in [-0.25, -0.2) is 0 Å². The van der Waals surface area contributed by atoms with E-state index >= 15 is 0 Å². The first-order valence-corrected chi connectivity index (χ1v) is 4.74. The summed E-state index contributed by atoms with van der Waals surface area (Å²) in [5.74, 6) is -0.139. The van der Waals surface area contributed by atoms with E-state index in [2.05, 4.69) is 15.9 Å². The first kappa shape index (κ1) is 10.2. The first-order chi connectivity index (χ1) is 6.19. The zero-order valence-corrected chi connectivity index (χ0v) is 8.81. The molecule has 1 aromatic rings. The molecule has 0 spiro atoms. The van der Waals surface area contributed by atoms with Crippen LogP contribution in [-0.2, 0) is 0 Å². The second-order valence-electron chi connectivity index (χ2n) is 2.91. The topological polar surface area (TPSA) is 23.8 Å². The minimum absolute atomic E-state index is 0.139. The summed E-state index contributed by atoms with van der Waals surface area (Å²) in [5.41, 5.74) is 1.42. The number of hydrogen-bond acceptors (Lipinski definition) is 1. The maximum absolute atomic E-state index is 12.3. The summed E-state index contributed by atoms with van der Waals surface area (Å²) in [7, 11) is 0. The third kappa shape index (κ3) is 2.28. The van der Waals surface area contributed by atoms with Gasteiger partial charge in [-0.15, -0.1) is 0 Å². The fourth-order valence-electron chi connectivity index (χ4n) is 1.02. The molecule has 1 rings (SSSR count). The van der Waals surface area contributed by atoms with E-state index in [0.29, 0.717) is 5.56 Å². The van der Waals surface area contributed by atoms with Crippen molar-refractivity contribution in [1.82, 2.24) is 0 Å². The van der Waals surface area contributed by atoms with E-state index in [1.807, 2.05) is 12.1 Å². The average molecular weight is 242 g/mol. The van der Waals surface area contributed by atoms with Gasteiger partial charge < -0.3 is 0 Å². The van der Waals surface area contributed by atoms with Gasteiger partial charge in [0, 0.05) is 10.4 Å². The largest absolute Gasteiger partial charge is 0.250 e. The summed E-state index contributed by atoms with van der Waals surface area (Å²) in [4.78, 5) is 0. The second-order valence-corrected chi connectivity index (χ2v) is 3.76. The molecule has 1 aromatic carbocycles. The molecule has 0 heterocycles. The van der Waals surface area contributed by atoms with Gasteiger partial charge in [-0.3, -0.25) is 4.39 Å². The maximum Gasteiger partial charge on any atom is 0.100 e. The van der Waals surface area contributed by atoms with Crippen LogP contribution >= 0.6 is 15.9 Å². The van der Waals surface area contributed by atoms with Gasteiger partial charge in [0.15, 0.2) is 0 Å². The lowest BCUT2D eigenvalue weighted by Gasteiger charge is -2.07. The lowest BCUT2D eigenvalue weighted by molar-refractivity contribution is 0.447. The highest BCUT2D eigenvalue weighted by Crippen LogP contribution is 2.22. The van der Waals surface area contributed by atoms with Gasteiger partial charge in [0.05, 0.1) is 12.2 Å². The molecule has 1 atom stereocenters. The van der Waals surface area contributed by atoms with Crippen LogP contribution in [0.1, 0.15) is 24.0 Å². The molecule has 3 heteroatoms. The predicted octanol–water partition coefficient (Wildman–Crippen LogP) is 3.39. The number of halogens is 2. The Bertz CT molecular complexity index is 343. The summed E-state index contributed by atoms with van der Waals surface area (Å²) in [5, 5.41) is 8.72. The van der Waals surface area contributed by atoms with Gasteiger partial charge in [-0.1, -0.05) is 13.0 Å². The molecule has 0 aromatic heterocycles. The number of alkyl halides is 1. The molecule has 68 valence electrons. The maximum atomic E-state index is 12.3. The second kappa shape index (κ2) is 4.38. The zero-order valence-electron chi connectivity index (χ0n) is 7.22. The molecule has 0 saturated carbocycles. The lowest BCUT2D eigenvalue weighted by Crippen LogP contribution is -1.95. The Morgan fingerprint density at radius 1 is 1.62 bits per heavy atom. The van der Waals surface area contributed by atoms with Crippen LogP contribution < -0.4 is 0 Å². The van der Waals surface area contributed by atoms with Crippen LogP contribution in [0.25, 0.3) is 0 Å².